The highest BCUT2D eigenvalue weighted by molar-refractivity contribution is 4.79. The Labute approximate surface area is 101 Å². The summed E-state index contributed by atoms with van der Waals surface area (Å²) in [5.74, 6) is 0.777. The molecule has 0 radical (unpaired) electrons. The zero-order valence-corrected chi connectivity index (χ0v) is 11.4. The standard InChI is InChI=1S/C13H29N3/c1-11(2)8-13(16(3)4)10-15-12-6-5-7-14-9-12/h11-15H,5-10H2,1-4H3. The fourth-order valence-electron chi connectivity index (χ4n) is 2.35. The molecule has 0 spiro atoms. The predicted octanol–water partition coefficient (Wildman–Crippen LogP) is 1.30. The van der Waals surface area contributed by atoms with Crippen molar-refractivity contribution in [2.75, 3.05) is 33.7 Å². The Bertz CT molecular complexity index is 174. The summed E-state index contributed by atoms with van der Waals surface area (Å²) in [7, 11) is 4.38. The molecule has 3 heteroatoms. The Morgan fingerprint density at radius 1 is 1.38 bits per heavy atom. The van der Waals surface area contributed by atoms with Gasteiger partial charge in [-0.05, 0) is 45.8 Å². The smallest absolute Gasteiger partial charge is 0.0217 e. The van der Waals surface area contributed by atoms with E-state index < -0.39 is 0 Å². The summed E-state index contributed by atoms with van der Waals surface area (Å²) in [4.78, 5) is 2.35. The van der Waals surface area contributed by atoms with E-state index in [-0.39, 0.29) is 0 Å². The van der Waals surface area contributed by atoms with Crippen LogP contribution in [-0.2, 0) is 0 Å². The second kappa shape index (κ2) is 7.25. The van der Waals surface area contributed by atoms with Gasteiger partial charge in [0.1, 0.15) is 0 Å². The summed E-state index contributed by atoms with van der Waals surface area (Å²) >= 11 is 0. The highest BCUT2D eigenvalue weighted by atomic mass is 15.1. The van der Waals surface area contributed by atoms with Crippen LogP contribution in [0.5, 0.6) is 0 Å². The third-order valence-corrected chi connectivity index (χ3v) is 3.41. The van der Waals surface area contributed by atoms with Gasteiger partial charge in [-0.15, -0.1) is 0 Å². The molecule has 2 atom stereocenters. The van der Waals surface area contributed by atoms with E-state index in [1.807, 2.05) is 0 Å². The molecule has 1 saturated heterocycles. The Kier molecular flexibility index (Phi) is 6.32. The molecule has 0 aromatic carbocycles. The van der Waals surface area contributed by atoms with Crippen LogP contribution in [0, 0.1) is 5.92 Å². The average molecular weight is 227 g/mol. The van der Waals surface area contributed by atoms with Crippen LogP contribution in [-0.4, -0.2) is 50.7 Å². The first kappa shape index (κ1) is 13.9. The highest BCUT2D eigenvalue weighted by Gasteiger charge is 2.17. The first-order valence-corrected chi connectivity index (χ1v) is 6.70. The molecule has 1 aliphatic heterocycles. The Morgan fingerprint density at radius 2 is 2.12 bits per heavy atom. The maximum absolute atomic E-state index is 3.70. The van der Waals surface area contributed by atoms with Gasteiger partial charge in [-0.2, -0.15) is 0 Å². The van der Waals surface area contributed by atoms with Crippen molar-refractivity contribution in [3.05, 3.63) is 0 Å². The zero-order chi connectivity index (χ0) is 12.0. The lowest BCUT2D eigenvalue weighted by Gasteiger charge is -2.30. The van der Waals surface area contributed by atoms with Crippen LogP contribution in [0.2, 0.25) is 0 Å². The minimum atomic E-state index is 0.668. The van der Waals surface area contributed by atoms with Crippen LogP contribution < -0.4 is 10.6 Å². The molecule has 16 heavy (non-hydrogen) atoms. The average Bonchev–Trinajstić information content (AvgIpc) is 2.25. The number of likely N-dealkylation sites (N-methyl/N-ethyl adjacent to an activating group) is 1. The van der Waals surface area contributed by atoms with Crippen LogP contribution in [0.25, 0.3) is 0 Å². The summed E-state index contributed by atoms with van der Waals surface area (Å²) in [5, 5.41) is 7.16. The maximum atomic E-state index is 3.70. The van der Waals surface area contributed by atoms with Gasteiger partial charge in [-0.3, -0.25) is 0 Å². The van der Waals surface area contributed by atoms with E-state index in [0.717, 1.165) is 19.0 Å². The van der Waals surface area contributed by atoms with E-state index in [0.29, 0.717) is 12.1 Å². The quantitative estimate of drug-likeness (QED) is 0.716. The fraction of sp³-hybridized carbons (Fsp3) is 1.00. The molecule has 0 aromatic heterocycles. The molecule has 2 N–H and O–H groups in total. The fourth-order valence-corrected chi connectivity index (χ4v) is 2.35. The van der Waals surface area contributed by atoms with Crippen LogP contribution in [0.15, 0.2) is 0 Å². The number of piperidine rings is 1. The largest absolute Gasteiger partial charge is 0.315 e. The first-order valence-electron chi connectivity index (χ1n) is 6.70. The van der Waals surface area contributed by atoms with Crippen molar-refractivity contribution in [3.63, 3.8) is 0 Å². The SMILES string of the molecule is CC(C)CC(CNC1CCCNC1)N(C)C. The zero-order valence-electron chi connectivity index (χ0n) is 11.4. The molecular formula is C13H29N3. The summed E-state index contributed by atoms with van der Waals surface area (Å²) in [5.41, 5.74) is 0. The molecule has 3 nitrogen and oxygen atoms in total. The van der Waals surface area contributed by atoms with Crippen LogP contribution in [0.4, 0.5) is 0 Å². The monoisotopic (exact) mass is 227 g/mol. The molecule has 96 valence electrons. The Morgan fingerprint density at radius 3 is 2.62 bits per heavy atom. The van der Waals surface area contributed by atoms with E-state index >= 15 is 0 Å². The summed E-state index contributed by atoms with van der Waals surface area (Å²) in [6.45, 7) is 8.07. The molecule has 1 fully saturated rings. The van der Waals surface area contributed by atoms with Crippen molar-refractivity contribution in [1.29, 1.82) is 0 Å². The summed E-state index contributed by atoms with van der Waals surface area (Å²) in [6.07, 6.45) is 3.92. The molecule has 1 heterocycles. The first-order chi connectivity index (χ1) is 7.59. The maximum Gasteiger partial charge on any atom is 0.0217 e. The summed E-state index contributed by atoms with van der Waals surface area (Å²) in [6, 6.07) is 1.35. The van der Waals surface area contributed by atoms with Crippen LogP contribution >= 0.6 is 0 Å². The topological polar surface area (TPSA) is 27.3 Å². The number of nitrogens with zero attached hydrogens (tertiary/aromatic N) is 1. The van der Waals surface area contributed by atoms with Gasteiger partial charge >= 0.3 is 0 Å². The van der Waals surface area contributed by atoms with E-state index in [9.17, 15) is 0 Å². The van der Waals surface area contributed by atoms with Crippen molar-refractivity contribution in [2.45, 2.75) is 45.2 Å². The minimum absolute atomic E-state index is 0.668. The van der Waals surface area contributed by atoms with Gasteiger partial charge in [0.25, 0.3) is 0 Å². The molecule has 0 aromatic rings. The molecule has 1 aliphatic rings. The third kappa shape index (κ3) is 5.28. The van der Waals surface area contributed by atoms with Crippen molar-refractivity contribution < 1.29 is 0 Å². The van der Waals surface area contributed by atoms with E-state index in [4.69, 9.17) is 0 Å². The van der Waals surface area contributed by atoms with Gasteiger partial charge in [0.15, 0.2) is 0 Å². The van der Waals surface area contributed by atoms with Crippen molar-refractivity contribution in [2.24, 2.45) is 5.92 Å². The number of nitrogens with one attached hydrogen (secondary N) is 2. The van der Waals surface area contributed by atoms with Crippen LogP contribution in [0.1, 0.15) is 33.1 Å². The second-order valence-electron chi connectivity index (χ2n) is 5.70. The minimum Gasteiger partial charge on any atom is -0.315 e. The van der Waals surface area contributed by atoms with Crippen molar-refractivity contribution in [1.82, 2.24) is 15.5 Å². The highest BCUT2D eigenvalue weighted by Crippen LogP contribution is 2.09. The lowest BCUT2D eigenvalue weighted by atomic mass is 10.0. The third-order valence-electron chi connectivity index (χ3n) is 3.41. The van der Waals surface area contributed by atoms with Crippen LogP contribution in [0.3, 0.4) is 0 Å². The predicted molar refractivity (Wildman–Crippen MR) is 70.8 cm³/mol. The van der Waals surface area contributed by atoms with Crippen molar-refractivity contribution in [3.8, 4) is 0 Å². The van der Waals surface area contributed by atoms with Gasteiger partial charge in [0, 0.05) is 25.2 Å². The number of hydrogen-bond acceptors (Lipinski definition) is 3. The summed E-state index contributed by atoms with van der Waals surface area (Å²) < 4.78 is 0. The second-order valence-corrected chi connectivity index (χ2v) is 5.70. The normalized spacial score (nSPS) is 24.0. The van der Waals surface area contributed by atoms with Gasteiger partial charge in [0.05, 0.1) is 0 Å². The Hall–Kier alpha value is -0.120. The molecule has 1 rings (SSSR count). The lowest BCUT2D eigenvalue weighted by Crippen LogP contribution is -2.48. The molecule has 0 aliphatic carbocycles. The molecule has 2 unspecified atom stereocenters. The van der Waals surface area contributed by atoms with Gasteiger partial charge in [-0.25, -0.2) is 0 Å². The van der Waals surface area contributed by atoms with E-state index in [2.05, 4.69) is 43.5 Å². The number of rotatable bonds is 6. The van der Waals surface area contributed by atoms with Crippen molar-refractivity contribution >= 4 is 0 Å². The number of hydrogen-bond donors (Lipinski definition) is 2. The molecular weight excluding hydrogens is 198 g/mol. The van der Waals surface area contributed by atoms with E-state index in [1.165, 1.54) is 25.8 Å². The Balaban J connectivity index is 2.25. The van der Waals surface area contributed by atoms with Gasteiger partial charge in [0.2, 0.25) is 0 Å². The molecule has 0 bridgehead atoms. The van der Waals surface area contributed by atoms with Gasteiger partial charge in [-0.1, -0.05) is 13.8 Å². The molecule has 0 saturated carbocycles. The lowest BCUT2D eigenvalue weighted by molar-refractivity contribution is 0.234. The van der Waals surface area contributed by atoms with Gasteiger partial charge < -0.3 is 15.5 Å². The molecule has 0 amide bonds. The van der Waals surface area contributed by atoms with E-state index in [1.54, 1.807) is 0 Å².